The Kier molecular flexibility index (Phi) is 4.32. The molecule has 1 N–H and O–H groups in total. The summed E-state index contributed by atoms with van der Waals surface area (Å²) in [6.45, 7) is 3.54. The summed E-state index contributed by atoms with van der Waals surface area (Å²) in [6.07, 6.45) is 6.59. The molecule has 1 saturated carbocycles. The summed E-state index contributed by atoms with van der Waals surface area (Å²) in [5, 5.41) is 20.2. The quantitative estimate of drug-likeness (QED) is 0.680. The summed E-state index contributed by atoms with van der Waals surface area (Å²) >= 11 is 6.37. The normalized spacial score (nSPS) is 16.3. The first-order valence-electron chi connectivity index (χ1n) is 9.13. The summed E-state index contributed by atoms with van der Waals surface area (Å²) in [7, 11) is 1.77. The minimum absolute atomic E-state index is 0.152. The predicted molar refractivity (Wildman–Crippen MR) is 108 cm³/mol. The van der Waals surface area contributed by atoms with Crippen molar-refractivity contribution < 1.29 is 5.11 Å². The van der Waals surface area contributed by atoms with Gasteiger partial charge < -0.3 is 10.1 Å². The van der Waals surface area contributed by atoms with Gasteiger partial charge in [0.05, 0.1) is 11.0 Å². The van der Waals surface area contributed by atoms with Crippen LogP contribution in [-0.2, 0) is 17.4 Å². The molecule has 0 bridgehead atoms. The van der Waals surface area contributed by atoms with Crippen LogP contribution in [0.5, 0.6) is 0 Å². The Bertz CT molecular complexity index is 1030. The van der Waals surface area contributed by atoms with Gasteiger partial charge in [-0.3, -0.25) is 4.40 Å². The van der Waals surface area contributed by atoms with Crippen LogP contribution in [0.15, 0.2) is 41.5 Å². The molecule has 0 radical (unpaired) electrons. The number of hydrogen-bond donors (Lipinski definition) is 1. The van der Waals surface area contributed by atoms with Crippen LogP contribution >= 0.6 is 11.6 Å². The number of halogens is 1. The van der Waals surface area contributed by atoms with Crippen LogP contribution < -0.4 is 0 Å². The number of hydrogen-bond acceptors (Lipinski definition) is 4. The molecule has 2 heterocycles. The molecular formula is C21H23ClN4O. The van der Waals surface area contributed by atoms with Gasteiger partial charge in [0.15, 0.2) is 5.65 Å². The van der Waals surface area contributed by atoms with E-state index in [1.807, 2.05) is 35.0 Å². The van der Waals surface area contributed by atoms with Gasteiger partial charge in [0.2, 0.25) is 0 Å². The molecule has 0 aliphatic heterocycles. The molecule has 1 aliphatic carbocycles. The van der Waals surface area contributed by atoms with E-state index in [0.717, 1.165) is 34.8 Å². The Balaban J connectivity index is 1.82. The fourth-order valence-corrected chi connectivity index (χ4v) is 3.90. The van der Waals surface area contributed by atoms with Gasteiger partial charge in [0, 0.05) is 36.5 Å². The predicted octanol–water partition coefficient (Wildman–Crippen LogP) is 3.93. The number of rotatable bonds is 5. The number of aliphatic imine (C=N–C) groups is 1. The smallest absolute Gasteiger partial charge is 0.166 e. The Morgan fingerprint density at radius 1 is 1.30 bits per heavy atom. The van der Waals surface area contributed by atoms with Crippen molar-refractivity contribution in [3.63, 3.8) is 0 Å². The van der Waals surface area contributed by atoms with Crippen LogP contribution in [0.25, 0.3) is 5.65 Å². The van der Waals surface area contributed by atoms with Gasteiger partial charge >= 0.3 is 0 Å². The molecule has 5 nitrogen and oxygen atoms in total. The molecule has 1 fully saturated rings. The van der Waals surface area contributed by atoms with Crippen molar-refractivity contribution in [2.24, 2.45) is 4.99 Å². The monoisotopic (exact) mass is 382 g/mol. The number of fused-ring (bicyclic) bond motifs is 1. The first-order valence-corrected chi connectivity index (χ1v) is 9.51. The van der Waals surface area contributed by atoms with Crippen LogP contribution in [-0.4, -0.2) is 33.0 Å². The average molecular weight is 383 g/mol. The number of aromatic nitrogens is 3. The Hall–Kier alpha value is -2.24. The van der Waals surface area contributed by atoms with E-state index in [1.54, 1.807) is 20.9 Å². The van der Waals surface area contributed by atoms with Crippen LogP contribution in [0.4, 0.5) is 0 Å². The lowest BCUT2D eigenvalue weighted by Gasteiger charge is -2.19. The fraction of sp³-hybridized carbons (Fsp3) is 0.381. The molecule has 0 unspecified atom stereocenters. The van der Waals surface area contributed by atoms with E-state index < -0.39 is 5.60 Å². The van der Waals surface area contributed by atoms with Crippen LogP contribution in [0.1, 0.15) is 49.2 Å². The van der Waals surface area contributed by atoms with Gasteiger partial charge in [-0.25, -0.2) is 0 Å². The van der Waals surface area contributed by atoms with E-state index in [-0.39, 0.29) is 5.41 Å². The minimum Gasteiger partial charge on any atom is -0.386 e. The lowest BCUT2D eigenvalue weighted by atomic mass is 9.92. The maximum Gasteiger partial charge on any atom is 0.166 e. The van der Waals surface area contributed by atoms with E-state index in [4.69, 9.17) is 11.6 Å². The molecule has 2 aromatic heterocycles. The highest BCUT2D eigenvalue weighted by Crippen LogP contribution is 2.53. The van der Waals surface area contributed by atoms with Crippen molar-refractivity contribution in [1.29, 1.82) is 0 Å². The average Bonchev–Trinajstić information content (AvgIpc) is 3.32. The molecule has 0 amide bonds. The third-order valence-electron chi connectivity index (χ3n) is 5.36. The van der Waals surface area contributed by atoms with E-state index in [9.17, 15) is 5.11 Å². The molecular weight excluding hydrogens is 360 g/mol. The van der Waals surface area contributed by atoms with Crippen molar-refractivity contribution in [3.05, 3.63) is 64.1 Å². The number of pyridine rings is 1. The van der Waals surface area contributed by atoms with E-state index in [2.05, 4.69) is 27.3 Å². The van der Waals surface area contributed by atoms with Crippen molar-refractivity contribution in [1.82, 2.24) is 14.6 Å². The van der Waals surface area contributed by atoms with Gasteiger partial charge in [0.1, 0.15) is 5.82 Å². The van der Waals surface area contributed by atoms with E-state index in [0.29, 0.717) is 12.1 Å². The highest BCUT2D eigenvalue weighted by molar-refractivity contribution is 6.31. The van der Waals surface area contributed by atoms with Crippen LogP contribution in [0.2, 0.25) is 5.02 Å². The molecule has 1 aliphatic rings. The Morgan fingerprint density at radius 3 is 2.74 bits per heavy atom. The molecule has 0 saturated heterocycles. The van der Waals surface area contributed by atoms with Gasteiger partial charge in [0.25, 0.3) is 0 Å². The lowest BCUT2D eigenvalue weighted by molar-refractivity contribution is 0.0796. The molecule has 6 heteroatoms. The third-order valence-corrected chi connectivity index (χ3v) is 5.73. The second-order valence-corrected chi connectivity index (χ2v) is 8.14. The minimum atomic E-state index is -0.976. The van der Waals surface area contributed by atoms with Crippen molar-refractivity contribution in [3.8, 4) is 0 Å². The van der Waals surface area contributed by atoms with E-state index in [1.165, 1.54) is 5.56 Å². The zero-order valence-corrected chi connectivity index (χ0v) is 16.5. The SMILES string of the molecule is CN=CCc1cc(C2(c3nnc4c(C(C)(C)O)cccn34)CC2)ccc1Cl. The maximum absolute atomic E-state index is 10.5. The summed E-state index contributed by atoms with van der Waals surface area (Å²) in [5.41, 5.74) is 2.62. The summed E-state index contributed by atoms with van der Waals surface area (Å²) in [4.78, 5) is 4.07. The number of aliphatic hydroxyl groups is 1. The highest BCUT2D eigenvalue weighted by atomic mass is 35.5. The molecule has 27 heavy (non-hydrogen) atoms. The van der Waals surface area contributed by atoms with Gasteiger partial charge in [-0.05, 0) is 49.9 Å². The summed E-state index contributed by atoms with van der Waals surface area (Å²) in [5.74, 6) is 0.918. The molecule has 0 atom stereocenters. The molecule has 4 rings (SSSR count). The first kappa shape index (κ1) is 18.1. The first-order chi connectivity index (χ1) is 12.9. The largest absolute Gasteiger partial charge is 0.386 e. The molecule has 1 aromatic carbocycles. The zero-order chi connectivity index (χ0) is 19.2. The van der Waals surface area contributed by atoms with Crippen molar-refractivity contribution >= 4 is 23.5 Å². The maximum atomic E-state index is 10.5. The molecule has 3 aromatic rings. The second kappa shape index (κ2) is 6.43. The van der Waals surface area contributed by atoms with Crippen molar-refractivity contribution in [2.75, 3.05) is 7.05 Å². The standard InChI is InChI=1S/C21H23ClN4O/c1-20(2,27)16-5-4-12-26-18(16)24-25-19(26)21(9-10-21)15-6-7-17(22)14(13-15)8-11-23-3/h4-7,11-13,27H,8-10H2,1-3H3. The lowest BCUT2D eigenvalue weighted by Crippen LogP contribution is -2.18. The van der Waals surface area contributed by atoms with Gasteiger partial charge in [-0.2, -0.15) is 0 Å². The number of benzene rings is 1. The van der Waals surface area contributed by atoms with Crippen LogP contribution in [0, 0.1) is 0 Å². The Morgan fingerprint density at radius 2 is 2.07 bits per heavy atom. The highest BCUT2D eigenvalue weighted by Gasteiger charge is 2.50. The second-order valence-electron chi connectivity index (χ2n) is 7.73. The summed E-state index contributed by atoms with van der Waals surface area (Å²) < 4.78 is 2.02. The van der Waals surface area contributed by atoms with E-state index >= 15 is 0 Å². The molecule has 140 valence electrons. The third kappa shape index (κ3) is 3.05. The van der Waals surface area contributed by atoms with Crippen LogP contribution in [0.3, 0.4) is 0 Å². The zero-order valence-electron chi connectivity index (χ0n) is 15.8. The fourth-order valence-electron chi connectivity index (χ4n) is 3.70. The van der Waals surface area contributed by atoms with Crippen molar-refractivity contribution in [2.45, 2.75) is 44.1 Å². The molecule has 0 spiro atoms. The topological polar surface area (TPSA) is 62.8 Å². The Labute approximate surface area is 163 Å². The van der Waals surface area contributed by atoms with Gasteiger partial charge in [-0.15, -0.1) is 10.2 Å². The van der Waals surface area contributed by atoms with Gasteiger partial charge in [-0.1, -0.05) is 29.8 Å². The number of nitrogens with zero attached hydrogens (tertiary/aromatic N) is 4. The summed E-state index contributed by atoms with van der Waals surface area (Å²) in [6, 6.07) is 10.0.